The number of ether oxygens (including phenoxy) is 1. The van der Waals surface area contributed by atoms with E-state index in [2.05, 4.69) is 10.6 Å². The van der Waals surface area contributed by atoms with Crippen LogP contribution in [0.2, 0.25) is 0 Å². The van der Waals surface area contributed by atoms with Crippen molar-refractivity contribution in [3.05, 3.63) is 59.8 Å². The first kappa shape index (κ1) is 21.1. The molecule has 156 valence electrons. The van der Waals surface area contributed by atoms with Gasteiger partial charge in [-0.3, -0.25) is 19.3 Å². The Hall–Kier alpha value is -3.61. The Bertz CT molecular complexity index is 996. The Balaban J connectivity index is 1.96. The number of carbonyl (C=O) groups is 3. The summed E-state index contributed by atoms with van der Waals surface area (Å²) in [7, 11) is 0. The molecule has 2 aromatic rings. The van der Waals surface area contributed by atoms with Crippen LogP contribution in [0.5, 0.6) is 5.75 Å². The highest BCUT2D eigenvalue weighted by atomic mass is 16.5. The van der Waals surface area contributed by atoms with Crippen LogP contribution in [0, 0.1) is 0 Å². The fourth-order valence-electron chi connectivity index (χ4n) is 3.20. The van der Waals surface area contributed by atoms with Crippen molar-refractivity contribution in [1.82, 2.24) is 4.90 Å². The summed E-state index contributed by atoms with van der Waals surface area (Å²) < 4.78 is 5.65. The van der Waals surface area contributed by atoms with Gasteiger partial charge in [0.1, 0.15) is 11.4 Å². The normalized spacial score (nSPS) is 13.6. The molecule has 0 bridgehead atoms. The smallest absolute Gasteiger partial charge is 0.278 e. The lowest BCUT2D eigenvalue weighted by atomic mass is 10.0. The minimum atomic E-state index is -0.372. The molecule has 0 fully saturated rings. The Labute approximate surface area is 175 Å². The largest absolute Gasteiger partial charge is 0.494 e. The molecular formula is C23H25N3O4. The SMILES string of the molecule is CCCOc1cccc(NC2=C(c3ccc(NC(C)=O)cc3)C(=O)N(CC)C2=O)c1. The molecule has 2 N–H and O–H groups in total. The van der Waals surface area contributed by atoms with Crippen LogP contribution in [0.15, 0.2) is 54.2 Å². The number of anilines is 2. The molecule has 2 aromatic carbocycles. The summed E-state index contributed by atoms with van der Waals surface area (Å²) in [6, 6.07) is 14.1. The minimum Gasteiger partial charge on any atom is -0.494 e. The topological polar surface area (TPSA) is 87.7 Å². The molecule has 3 amide bonds. The quantitative estimate of drug-likeness (QED) is 0.652. The van der Waals surface area contributed by atoms with Gasteiger partial charge in [-0.2, -0.15) is 0 Å². The van der Waals surface area contributed by atoms with E-state index in [1.807, 2.05) is 25.1 Å². The number of likely N-dealkylation sites (N-methyl/N-ethyl adjacent to an activating group) is 1. The van der Waals surface area contributed by atoms with Crippen LogP contribution in [-0.2, 0) is 14.4 Å². The van der Waals surface area contributed by atoms with Gasteiger partial charge in [0.15, 0.2) is 0 Å². The number of nitrogens with one attached hydrogen (secondary N) is 2. The number of amides is 3. The Morgan fingerprint density at radius 1 is 1.00 bits per heavy atom. The molecule has 0 aromatic heterocycles. The third-order valence-corrected chi connectivity index (χ3v) is 4.55. The van der Waals surface area contributed by atoms with E-state index in [0.29, 0.717) is 34.9 Å². The number of rotatable bonds is 8. The van der Waals surface area contributed by atoms with Gasteiger partial charge in [-0.25, -0.2) is 0 Å². The van der Waals surface area contributed by atoms with Crippen molar-refractivity contribution in [2.75, 3.05) is 23.8 Å². The van der Waals surface area contributed by atoms with Crippen molar-refractivity contribution in [2.45, 2.75) is 27.2 Å². The van der Waals surface area contributed by atoms with E-state index >= 15 is 0 Å². The third kappa shape index (κ3) is 4.51. The van der Waals surface area contributed by atoms with Crippen molar-refractivity contribution >= 4 is 34.7 Å². The van der Waals surface area contributed by atoms with E-state index in [1.165, 1.54) is 11.8 Å². The van der Waals surface area contributed by atoms with E-state index in [0.717, 1.165) is 6.42 Å². The number of nitrogens with zero attached hydrogens (tertiary/aromatic N) is 1. The third-order valence-electron chi connectivity index (χ3n) is 4.55. The first-order valence-electron chi connectivity index (χ1n) is 9.93. The summed E-state index contributed by atoms with van der Waals surface area (Å²) in [4.78, 5) is 38.3. The molecule has 7 heteroatoms. The Morgan fingerprint density at radius 3 is 2.37 bits per heavy atom. The molecule has 3 rings (SSSR count). The van der Waals surface area contributed by atoms with Crippen molar-refractivity contribution in [2.24, 2.45) is 0 Å². The second kappa shape index (κ2) is 9.26. The molecular weight excluding hydrogens is 382 g/mol. The fourth-order valence-corrected chi connectivity index (χ4v) is 3.20. The van der Waals surface area contributed by atoms with E-state index in [-0.39, 0.29) is 30.0 Å². The van der Waals surface area contributed by atoms with Gasteiger partial charge in [0.25, 0.3) is 11.8 Å². The average Bonchev–Trinajstić information content (AvgIpc) is 2.96. The molecule has 0 saturated heterocycles. The van der Waals surface area contributed by atoms with Crippen LogP contribution in [0.3, 0.4) is 0 Å². The van der Waals surface area contributed by atoms with E-state index in [1.54, 1.807) is 37.3 Å². The zero-order chi connectivity index (χ0) is 21.7. The van der Waals surface area contributed by atoms with Gasteiger partial charge >= 0.3 is 0 Å². The monoisotopic (exact) mass is 407 g/mol. The molecule has 1 aliphatic heterocycles. The number of benzene rings is 2. The second-order valence-corrected chi connectivity index (χ2v) is 6.86. The first-order valence-corrected chi connectivity index (χ1v) is 9.93. The molecule has 0 spiro atoms. The maximum absolute atomic E-state index is 12.9. The van der Waals surface area contributed by atoms with Crippen molar-refractivity contribution in [3.63, 3.8) is 0 Å². The van der Waals surface area contributed by atoms with Crippen LogP contribution in [0.25, 0.3) is 5.57 Å². The van der Waals surface area contributed by atoms with Crippen LogP contribution < -0.4 is 15.4 Å². The van der Waals surface area contributed by atoms with E-state index in [9.17, 15) is 14.4 Å². The van der Waals surface area contributed by atoms with Gasteiger partial charge in [-0.05, 0) is 43.2 Å². The van der Waals surface area contributed by atoms with Crippen LogP contribution in [-0.4, -0.2) is 35.8 Å². The molecule has 0 atom stereocenters. The predicted molar refractivity (Wildman–Crippen MR) is 116 cm³/mol. The second-order valence-electron chi connectivity index (χ2n) is 6.86. The standard InChI is InChI=1S/C23H25N3O4/c1-4-13-30-19-8-6-7-18(14-19)25-21-20(22(28)26(5-2)23(21)29)16-9-11-17(12-10-16)24-15(3)27/h6-12,14,25H,4-5,13H2,1-3H3,(H,24,27). The van der Waals surface area contributed by atoms with Crippen molar-refractivity contribution in [3.8, 4) is 5.75 Å². The lowest BCUT2D eigenvalue weighted by molar-refractivity contribution is -0.136. The molecule has 1 heterocycles. The van der Waals surface area contributed by atoms with Gasteiger partial charge in [-0.1, -0.05) is 25.1 Å². The Kier molecular flexibility index (Phi) is 6.51. The minimum absolute atomic E-state index is 0.182. The summed E-state index contributed by atoms with van der Waals surface area (Å²) in [5.41, 5.74) is 2.40. The van der Waals surface area contributed by atoms with Crippen LogP contribution >= 0.6 is 0 Å². The lowest BCUT2D eigenvalue weighted by Crippen LogP contribution is -2.32. The number of hydrogen-bond donors (Lipinski definition) is 2. The summed E-state index contributed by atoms with van der Waals surface area (Å²) >= 11 is 0. The lowest BCUT2D eigenvalue weighted by Gasteiger charge is -2.12. The van der Waals surface area contributed by atoms with E-state index in [4.69, 9.17) is 4.74 Å². The fraction of sp³-hybridized carbons (Fsp3) is 0.261. The summed E-state index contributed by atoms with van der Waals surface area (Å²) in [5, 5.41) is 5.81. The highest BCUT2D eigenvalue weighted by Gasteiger charge is 2.38. The molecule has 1 aliphatic rings. The van der Waals surface area contributed by atoms with Gasteiger partial charge in [-0.15, -0.1) is 0 Å². The molecule has 0 unspecified atom stereocenters. The number of carbonyl (C=O) groups excluding carboxylic acids is 3. The maximum atomic E-state index is 12.9. The highest BCUT2D eigenvalue weighted by Crippen LogP contribution is 2.31. The van der Waals surface area contributed by atoms with E-state index < -0.39 is 0 Å². The summed E-state index contributed by atoms with van der Waals surface area (Å²) in [5.74, 6) is -0.217. The highest BCUT2D eigenvalue weighted by molar-refractivity contribution is 6.36. The van der Waals surface area contributed by atoms with Crippen LogP contribution in [0.1, 0.15) is 32.8 Å². The van der Waals surface area contributed by atoms with Gasteiger partial charge in [0, 0.05) is 30.9 Å². The molecule has 30 heavy (non-hydrogen) atoms. The van der Waals surface area contributed by atoms with Gasteiger partial charge < -0.3 is 15.4 Å². The molecule has 0 radical (unpaired) electrons. The Morgan fingerprint density at radius 2 is 1.73 bits per heavy atom. The predicted octanol–water partition coefficient (Wildman–Crippen LogP) is 3.65. The van der Waals surface area contributed by atoms with Gasteiger partial charge in [0.05, 0.1) is 12.2 Å². The van der Waals surface area contributed by atoms with Crippen molar-refractivity contribution in [1.29, 1.82) is 0 Å². The van der Waals surface area contributed by atoms with Crippen LogP contribution in [0.4, 0.5) is 11.4 Å². The summed E-state index contributed by atoms with van der Waals surface area (Å²) in [6.45, 7) is 6.08. The number of hydrogen-bond acceptors (Lipinski definition) is 5. The average molecular weight is 407 g/mol. The molecule has 7 nitrogen and oxygen atoms in total. The maximum Gasteiger partial charge on any atom is 0.278 e. The molecule has 0 saturated carbocycles. The number of imide groups is 1. The first-order chi connectivity index (χ1) is 14.4. The zero-order valence-electron chi connectivity index (χ0n) is 17.3. The van der Waals surface area contributed by atoms with Gasteiger partial charge in [0.2, 0.25) is 5.91 Å². The summed E-state index contributed by atoms with van der Waals surface area (Å²) in [6.07, 6.45) is 0.889. The van der Waals surface area contributed by atoms with Crippen molar-refractivity contribution < 1.29 is 19.1 Å². The zero-order valence-corrected chi connectivity index (χ0v) is 17.3. The molecule has 0 aliphatic carbocycles.